The van der Waals surface area contributed by atoms with Crippen molar-refractivity contribution in [2.24, 2.45) is 12.8 Å². The Hall–Kier alpha value is -0.870. The van der Waals surface area contributed by atoms with Gasteiger partial charge in [0.25, 0.3) is 0 Å². The third kappa shape index (κ3) is 1.88. The summed E-state index contributed by atoms with van der Waals surface area (Å²) in [7, 11) is 1.97. The molecule has 1 atom stereocenters. The summed E-state index contributed by atoms with van der Waals surface area (Å²) in [5, 5.41) is 4.28. The lowest BCUT2D eigenvalue weighted by Crippen LogP contribution is -2.52. The summed E-state index contributed by atoms with van der Waals surface area (Å²) in [6, 6.07) is 0.117. The van der Waals surface area contributed by atoms with Crippen molar-refractivity contribution >= 4 is 0 Å². The van der Waals surface area contributed by atoms with Crippen LogP contribution < -0.4 is 5.73 Å². The first-order chi connectivity index (χ1) is 8.72. The molecule has 1 aromatic rings. The number of hydrogen-bond donors (Lipinski definition) is 1. The predicted molar refractivity (Wildman–Crippen MR) is 72.1 cm³/mol. The van der Waals surface area contributed by atoms with Crippen molar-refractivity contribution in [1.29, 1.82) is 0 Å². The summed E-state index contributed by atoms with van der Waals surface area (Å²) >= 11 is 0. The molecule has 2 aliphatic rings. The standard InChI is InChI=1S/C14H24N4/c1-17-11-12(10-16-17)13(15)14(6-2-3-7-14)18-8-4-5-9-18/h10-11,13H,2-9,15H2,1H3. The Labute approximate surface area is 109 Å². The molecule has 0 radical (unpaired) electrons. The van der Waals surface area contributed by atoms with Gasteiger partial charge in [-0.05, 0) is 38.8 Å². The van der Waals surface area contributed by atoms with Gasteiger partial charge >= 0.3 is 0 Å². The summed E-state index contributed by atoms with van der Waals surface area (Å²) in [4.78, 5) is 2.66. The van der Waals surface area contributed by atoms with Gasteiger partial charge in [-0.1, -0.05) is 12.8 Å². The smallest absolute Gasteiger partial charge is 0.0538 e. The highest BCUT2D eigenvalue weighted by molar-refractivity contribution is 5.19. The molecule has 0 aromatic carbocycles. The maximum Gasteiger partial charge on any atom is 0.0538 e. The number of nitrogens with two attached hydrogens (primary N) is 1. The van der Waals surface area contributed by atoms with Crippen LogP contribution in [0.3, 0.4) is 0 Å². The van der Waals surface area contributed by atoms with Crippen molar-refractivity contribution < 1.29 is 0 Å². The van der Waals surface area contributed by atoms with Gasteiger partial charge in [-0.25, -0.2) is 0 Å². The van der Waals surface area contributed by atoms with Crippen LogP contribution in [0.5, 0.6) is 0 Å². The van der Waals surface area contributed by atoms with E-state index < -0.39 is 0 Å². The Balaban J connectivity index is 1.88. The van der Waals surface area contributed by atoms with E-state index in [0.29, 0.717) is 0 Å². The molecule has 18 heavy (non-hydrogen) atoms. The van der Waals surface area contributed by atoms with Gasteiger partial charge < -0.3 is 5.73 Å². The highest BCUT2D eigenvalue weighted by atomic mass is 15.3. The number of aromatic nitrogens is 2. The van der Waals surface area contributed by atoms with Crippen molar-refractivity contribution in [2.75, 3.05) is 13.1 Å². The zero-order valence-electron chi connectivity index (χ0n) is 11.3. The summed E-state index contributed by atoms with van der Waals surface area (Å²) in [5.41, 5.74) is 8.04. The quantitative estimate of drug-likeness (QED) is 0.887. The van der Waals surface area contributed by atoms with E-state index in [9.17, 15) is 0 Å². The summed E-state index contributed by atoms with van der Waals surface area (Å²) < 4.78 is 1.86. The Morgan fingerprint density at radius 2 is 1.89 bits per heavy atom. The molecule has 3 rings (SSSR count). The highest BCUT2D eigenvalue weighted by Crippen LogP contribution is 2.44. The van der Waals surface area contributed by atoms with Crippen LogP contribution in [0, 0.1) is 0 Å². The van der Waals surface area contributed by atoms with Gasteiger partial charge in [-0.15, -0.1) is 0 Å². The van der Waals surface area contributed by atoms with Crippen LogP contribution >= 0.6 is 0 Å². The molecule has 1 saturated carbocycles. The van der Waals surface area contributed by atoms with E-state index in [4.69, 9.17) is 5.73 Å². The van der Waals surface area contributed by atoms with E-state index in [1.165, 1.54) is 57.2 Å². The zero-order valence-corrected chi connectivity index (χ0v) is 11.3. The fourth-order valence-electron chi connectivity index (χ4n) is 3.88. The third-order valence-corrected chi connectivity index (χ3v) is 4.87. The molecule has 0 amide bonds. The van der Waals surface area contributed by atoms with Crippen LogP contribution in [0.1, 0.15) is 50.1 Å². The number of hydrogen-bond acceptors (Lipinski definition) is 3. The summed E-state index contributed by atoms with van der Waals surface area (Å²) in [5.74, 6) is 0. The maximum atomic E-state index is 6.63. The molecule has 1 unspecified atom stereocenters. The van der Waals surface area contributed by atoms with Crippen LogP contribution in [0.25, 0.3) is 0 Å². The largest absolute Gasteiger partial charge is 0.322 e. The van der Waals surface area contributed by atoms with Gasteiger partial charge in [0.15, 0.2) is 0 Å². The minimum atomic E-state index is 0.117. The number of nitrogens with zero attached hydrogens (tertiary/aromatic N) is 3. The van der Waals surface area contributed by atoms with Gasteiger partial charge in [0, 0.05) is 24.3 Å². The van der Waals surface area contributed by atoms with Crippen molar-refractivity contribution in [3.8, 4) is 0 Å². The fourth-order valence-corrected chi connectivity index (χ4v) is 3.88. The Bertz CT molecular complexity index is 400. The second kappa shape index (κ2) is 4.67. The van der Waals surface area contributed by atoms with Gasteiger partial charge in [-0.3, -0.25) is 9.58 Å². The molecule has 2 heterocycles. The number of aryl methyl sites for hydroxylation is 1. The SMILES string of the molecule is Cn1cc(C(N)C2(N3CCCC3)CCCC2)cn1. The Morgan fingerprint density at radius 1 is 1.22 bits per heavy atom. The van der Waals surface area contributed by atoms with E-state index in [0.717, 1.165) is 0 Å². The lowest BCUT2D eigenvalue weighted by Gasteiger charge is -2.43. The Morgan fingerprint density at radius 3 is 2.44 bits per heavy atom. The molecule has 1 saturated heterocycles. The fraction of sp³-hybridized carbons (Fsp3) is 0.786. The monoisotopic (exact) mass is 248 g/mol. The number of likely N-dealkylation sites (tertiary alicyclic amines) is 1. The van der Waals surface area contributed by atoms with Crippen LogP contribution in [0.4, 0.5) is 0 Å². The van der Waals surface area contributed by atoms with Gasteiger partial charge in [0.1, 0.15) is 0 Å². The maximum absolute atomic E-state index is 6.63. The molecule has 4 nitrogen and oxygen atoms in total. The third-order valence-electron chi connectivity index (χ3n) is 4.87. The minimum absolute atomic E-state index is 0.117. The topological polar surface area (TPSA) is 47.1 Å². The lowest BCUT2D eigenvalue weighted by atomic mass is 9.84. The molecule has 0 bridgehead atoms. The molecule has 1 aliphatic carbocycles. The molecule has 4 heteroatoms. The molecular weight excluding hydrogens is 224 g/mol. The number of rotatable bonds is 3. The molecule has 1 aromatic heterocycles. The van der Waals surface area contributed by atoms with E-state index in [-0.39, 0.29) is 11.6 Å². The molecular formula is C14H24N4. The van der Waals surface area contributed by atoms with Crippen molar-refractivity contribution in [1.82, 2.24) is 14.7 Å². The van der Waals surface area contributed by atoms with Gasteiger partial charge in [0.2, 0.25) is 0 Å². The first kappa shape index (κ1) is 12.2. The second-order valence-corrected chi connectivity index (χ2v) is 5.93. The molecule has 2 fully saturated rings. The highest BCUT2D eigenvalue weighted by Gasteiger charge is 2.45. The molecule has 1 aliphatic heterocycles. The van der Waals surface area contributed by atoms with E-state index in [2.05, 4.69) is 16.2 Å². The van der Waals surface area contributed by atoms with E-state index in [1.807, 2.05) is 17.9 Å². The van der Waals surface area contributed by atoms with Gasteiger partial charge in [0.05, 0.1) is 12.2 Å². The first-order valence-corrected chi connectivity index (χ1v) is 7.21. The van der Waals surface area contributed by atoms with Crippen molar-refractivity contribution in [3.63, 3.8) is 0 Å². The lowest BCUT2D eigenvalue weighted by molar-refractivity contribution is 0.0922. The van der Waals surface area contributed by atoms with Crippen LogP contribution in [-0.2, 0) is 7.05 Å². The molecule has 100 valence electrons. The average Bonchev–Trinajstić information content (AvgIpc) is 3.09. The van der Waals surface area contributed by atoms with Crippen LogP contribution in [0.15, 0.2) is 12.4 Å². The second-order valence-electron chi connectivity index (χ2n) is 5.93. The van der Waals surface area contributed by atoms with Gasteiger partial charge in [-0.2, -0.15) is 5.10 Å². The van der Waals surface area contributed by atoms with Crippen molar-refractivity contribution in [2.45, 2.75) is 50.1 Å². The molecule has 0 spiro atoms. The van der Waals surface area contributed by atoms with Crippen LogP contribution in [0.2, 0.25) is 0 Å². The average molecular weight is 248 g/mol. The predicted octanol–water partition coefficient (Wildman–Crippen LogP) is 1.83. The normalized spacial score (nSPS) is 25.7. The molecule has 2 N–H and O–H groups in total. The summed E-state index contributed by atoms with van der Waals surface area (Å²) in [6.45, 7) is 2.46. The van der Waals surface area contributed by atoms with Crippen LogP contribution in [-0.4, -0.2) is 33.3 Å². The first-order valence-electron chi connectivity index (χ1n) is 7.21. The Kier molecular flexibility index (Phi) is 3.16. The zero-order chi connectivity index (χ0) is 12.6. The summed E-state index contributed by atoms with van der Waals surface area (Å²) in [6.07, 6.45) is 11.9. The van der Waals surface area contributed by atoms with E-state index in [1.54, 1.807) is 0 Å². The minimum Gasteiger partial charge on any atom is -0.322 e. The van der Waals surface area contributed by atoms with Crippen molar-refractivity contribution in [3.05, 3.63) is 18.0 Å². The van der Waals surface area contributed by atoms with E-state index >= 15 is 0 Å².